The Morgan fingerprint density at radius 1 is 1.11 bits per heavy atom. The summed E-state index contributed by atoms with van der Waals surface area (Å²) in [7, 11) is 4.55. The van der Waals surface area contributed by atoms with Gasteiger partial charge in [-0.05, 0) is 48.9 Å². The molecule has 35 heavy (non-hydrogen) atoms. The Morgan fingerprint density at radius 3 is 2.34 bits per heavy atom. The minimum atomic E-state index is -0.432. The van der Waals surface area contributed by atoms with Gasteiger partial charge in [0.2, 0.25) is 0 Å². The Kier molecular flexibility index (Phi) is 13.9. The lowest BCUT2D eigenvalue weighted by atomic mass is 10.2. The zero-order valence-corrected chi connectivity index (χ0v) is 22.0. The molecule has 0 spiro atoms. The lowest BCUT2D eigenvalue weighted by Gasteiger charge is -2.12. The largest absolute Gasteiger partial charge is 0.493 e. The normalized spacial score (nSPS) is 10.2. The van der Waals surface area contributed by atoms with E-state index in [9.17, 15) is 4.79 Å². The van der Waals surface area contributed by atoms with Crippen molar-refractivity contribution < 1.29 is 19.0 Å². The summed E-state index contributed by atoms with van der Waals surface area (Å²) in [6, 6.07) is 15.7. The highest BCUT2D eigenvalue weighted by molar-refractivity contribution is 7.83. The van der Waals surface area contributed by atoms with Gasteiger partial charge in [-0.3, -0.25) is 9.78 Å². The molecular weight excluding hydrogens is 486 g/mol. The van der Waals surface area contributed by atoms with Gasteiger partial charge in [-0.15, -0.1) is 24.0 Å². The highest BCUT2D eigenvalue weighted by atomic mass is 32.2. The van der Waals surface area contributed by atoms with Gasteiger partial charge in [0.05, 0.1) is 36.1 Å². The second-order valence-corrected chi connectivity index (χ2v) is 8.74. The van der Waals surface area contributed by atoms with Crippen molar-refractivity contribution in [2.24, 2.45) is 17.3 Å². The number of aryl methyl sites for hydroxylation is 1. The average Bonchev–Trinajstić information content (AvgIpc) is 3.31. The van der Waals surface area contributed by atoms with Crippen LogP contribution in [-0.4, -0.2) is 50.4 Å². The molecule has 0 aliphatic heterocycles. The number of thiophene rings is 1. The molecule has 6 N–H and O–H groups in total. The quantitative estimate of drug-likeness (QED) is 0.160. The minimum Gasteiger partial charge on any atom is -0.493 e. The number of thiol groups is 1. The van der Waals surface area contributed by atoms with Crippen LogP contribution in [-0.2, 0) is 9.53 Å². The first kappa shape index (κ1) is 29.8. The highest BCUT2D eigenvalue weighted by Gasteiger charge is 2.03. The predicted octanol–water partition coefficient (Wildman–Crippen LogP) is 3.20. The van der Waals surface area contributed by atoms with Gasteiger partial charge in [0.1, 0.15) is 6.54 Å². The monoisotopic (exact) mass is 519 g/mol. The van der Waals surface area contributed by atoms with Gasteiger partial charge >= 0.3 is 5.97 Å². The summed E-state index contributed by atoms with van der Waals surface area (Å²) >= 11 is 5.89. The summed E-state index contributed by atoms with van der Waals surface area (Å²) in [5.74, 6) is 6.48. The topological polar surface area (TPSA) is 139 Å². The number of pyridine rings is 1. The van der Waals surface area contributed by atoms with Crippen molar-refractivity contribution in [1.29, 1.82) is 0 Å². The summed E-state index contributed by atoms with van der Waals surface area (Å²) in [5.41, 5.74) is 13.1. The Morgan fingerprint density at radius 2 is 1.83 bits per heavy atom. The summed E-state index contributed by atoms with van der Waals surface area (Å²) in [6.45, 7) is 2.17. The third-order valence-corrected chi connectivity index (χ3v) is 5.49. The lowest BCUT2D eigenvalue weighted by molar-refractivity contribution is -0.141. The maximum absolute atomic E-state index is 10.6. The van der Waals surface area contributed by atoms with Crippen molar-refractivity contribution in [2.45, 2.75) is 11.1 Å². The van der Waals surface area contributed by atoms with E-state index >= 15 is 0 Å². The smallest absolute Gasteiger partial charge is 0.326 e. The first-order valence-electron chi connectivity index (χ1n) is 10.4. The molecule has 2 aromatic heterocycles. The summed E-state index contributed by atoms with van der Waals surface area (Å²) < 4.78 is 15.6. The van der Waals surface area contributed by atoms with E-state index in [0.29, 0.717) is 5.70 Å². The van der Waals surface area contributed by atoms with Gasteiger partial charge in [0, 0.05) is 24.6 Å². The number of nitrogens with two attached hydrogens (primary N) is 3. The maximum atomic E-state index is 10.6. The number of esters is 1. The number of hydrazine groups is 1. The van der Waals surface area contributed by atoms with E-state index in [-0.39, 0.29) is 13.1 Å². The zero-order valence-electron chi connectivity index (χ0n) is 20.3. The first-order valence-corrected chi connectivity index (χ1v) is 11.6. The molecule has 3 aromatic rings. The average molecular weight is 520 g/mol. The molecule has 1 aromatic carbocycles. The van der Waals surface area contributed by atoms with Crippen LogP contribution in [0, 0.1) is 6.92 Å². The highest BCUT2D eigenvalue weighted by Crippen LogP contribution is 2.28. The van der Waals surface area contributed by atoms with E-state index in [2.05, 4.69) is 22.3 Å². The SMILES string of the molecule is COC(=O)CN(N)/C=C(\N)CN.COc1ccc(C)cc1OC.Sc1ccc(-c2ccccn2)s1. The Hall–Kier alpha value is -3.25. The van der Waals surface area contributed by atoms with Crippen molar-refractivity contribution in [1.82, 2.24) is 9.99 Å². The van der Waals surface area contributed by atoms with Crippen molar-refractivity contribution in [2.75, 3.05) is 34.4 Å². The van der Waals surface area contributed by atoms with Gasteiger partial charge in [0.15, 0.2) is 11.5 Å². The van der Waals surface area contributed by atoms with Gasteiger partial charge in [0.25, 0.3) is 0 Å². The molecule has 0 saturated carbocycles. The molecule has 0 radical (unpaired) electrons. The standard InChI is InChI=1S/C9H7NS2.C9H12O2.C6H14N4O2/c11-9-5-4-8(12-9)7-3-1-2-6-10-7;1-7-4-5-8(10-2)9(6-7)11-3;1-12-6(11)4-10(9)3-5(8)2-7/h1-6,11H;4-6H,1-3H3;3H,2,4,7-9H2,1H3/b;;5-3-. The molecule has 3 rings (SSSR count). The van der Waals surface area contributed by atoms with Crippen LogP contribution in [0.1, 0.15) is 5.56 Å². The van der Waals surface area contributed by atoms with E-state index in [4.69, 9.17) is 26.8 Å². The Balaban J connectivity index is 0.000000263. The number of hydrogen-bond donors (Lipinski definition) is 4. The fourth-order valence-electron chi connectivity index (χ4n) is 2.44. The Labute approximate surface area is 215 Å². The van der Waals surface area contributed by atoms with Crippen molar-refractivity contribution in [3.8, 4) is 22.1 Å². The molecular formula is C24H33N5O4S2. The summed E-state index contributed by atoms with van der Waals surface area (Å²) in [6.07, 6.45) is 3.18. The molecule has 0 aliphatic rings. The number of ether oxygens (including phenoxy) is 3. The van der Waals surface area contributed by atoms with E-state index in [0.717, 1.165) is 26.4 Å². The molecule has 0 amide bonds. The number of methoxy groups -OCH3 is 3. The predicted molar refractivity (Wildman–Crippen MR) is 143 cm³/mol. The van der Waals surface area contributed by atoms with Crippen molar-refractivity contribution >= 4 is 29.9 Å². The molecule has 9 nitrogen and oxygen atoms in total. The fourth-order valence-corrected chi connectivity index (χ4v) is 3.53. The minimum absolute atomic E-state index is 0.0444. The molecule has 2 heterocycles. The molecule has 190 valence electrons. The van der Waals surface area contributed by atoms with Crippen LogP contribution in [0.3, 0.4) is 0 Å². The molecule has 0 unspecified atom stereocenters. The van der Waals surface area contributed by atoms with E-state index in [1.165, 1.54) is 23.8 Å². The van der Waals surface area contributed by atoms with E-state index in [1.807, 2.05) is 55.5 Å². The number of rotatable bonds is 7. The molecule has 0 saturated heterocycles. The maximum Gasteiger partial charge on any atom is 0.326 e. The van der Waals surface area contributed by atoms with Crippen LogP contribution in [0.5, 0.6) is 11.5 Å². The number of benzene rings is 1. The number of aromatic nitrogens is 1. The van der Waals surface area contributed by atoms with E-state index in [1.54, 1.807) is 31.8 Å². The van der Waals surface area contributed by atoms with Crippen LogP contribution in [0.2, 0.25) is 0 Å². The van der Waals surface area contributed by atoms with E-state index < -0.39 is 5.97 Å². The van der Waals surface area contributed by atoms with Gasteiger partial charge in [-0.1, -0.05) is 12.1 Å². The molecule has 0 bridgehead atoms. The van der Waals surface area contributed by atoms with Crippen LogP contribution < -0.4 is 26.8 Å². The van der Waals surface area contributed by atoms with Crippen molar-refractivity contribution in [3.05, 3.63) is 72.2 Å². The number of carbonyl (C=O) groups excluding carboxylic acids is 1. The Bertz CT molecular complexity index is 1060. The van der Waals surface area contributed by atoms with Gasteiger partial charge < -0.3 is 30.7 Å². The third-order valence-electron chi connectivity index (χ3n) is 4.15. The third kappa shape index (κ3) is 11.6. The number of nitrogens with zero attached hydrogens (tertiary/aromatic N) is 2. The van der Waals surface area contributed by atoms with Gasteiger partial charge in [-0.2, -0.15) is 0 Å². The van der Waals surface area contributed by atoms with Crippen LogP contribution >= 0.6 is 24.0 Å². The molecule has 0 fully saturated rings. The lowest BCUT2D eigenvalue weighted by Crippen LogP contribution is -2.33. The molecule has 0 aliphatic carbocycles. The van der Waals surface area contributed by atoms with Crippen LogP contribution in [0.25, 0.3) is 10.6 Å². The second kappa shape index (κ2) is 16.4. The van der Waals surface area contributed by atoms with Gasteiger partial charge in [-0.25, -0.2) is 5.84 Å². The zero-order chi connectivity index (χ0) is 26.2. The second-order valence-electron chi connectivity index (χ2n) is 6.87. The first-order chi connectivity index (χ1) is 16.7. The fraction of sp³-hybridized carbons (Fsp3) is 0.250. The van der Waals surface area contributed by atoms with Crippen molar-refractivity contribution in [3.63, 3.8) is 0 Å². The molecule has 0 atom stereocenters. The van der Waals surface area contributed by atoms with Crippen LogP contribution in [0.15, 0.2) is 70.8 Å². The number of hydrogen-bond acceptors (Lipinski definition) is 11. The van der Waals surface area contributed by atoms with Crippen LogP contribution in [0.4, 0.5) is 0 Å². The number of carbonyl (C=O) groups is 1. The summed E-state index contributed by atoms with van der Waals surface area (Å²) in [5, 5.41) is 1.12. The summed E-state index contributed by atoms with van der Waals surface area (Å²) in [4.78, 5) is 16.1. The molecule has 11 heteroatoms.